The van der Waals surface area contributed by atoms with E-state index in [1.807, 2.05) is 6.07 Å². The fourth-order valence-electron chi connectivity index (χ4n) is 1.20. The molecule has 0 bridgehead atoms. The maximum Gasteiger partial charge on any atom is 0.337 e. The van der Waals surface area contributed by atoms with Crippen molar-refractivity contribution in [2.24, 2.45) is 0 Å². The Morgan fingerprint density at radius 3 is 2.80 bits per heavy atom. The van der Waals surface area contributed by atoms with E-state index >= 15 is 0 Å². The van der Waals surface area contributed by atoms with Crippen molar-refractivity contribution in [2.45, 2.75) is 13.5 Å². The van der Waals surface area contributed by atoms with Crippen LogP contribution in [-0.4, -0.2) is 19.6 Å². The van der Waals surface area contributed by atoms with Gasteiger partial charge >= 0.3 is 5.97 Å². The van der Waals surface area contributed by atoms with Crippen LogP contribution in [0.3, 0.4) is 0 Å². The topological polar surface area (TPSA) is 38.3 Å². The number of hydrogen-bond acceptors (Lipinski definition) is 3. The van der Waals surface area contributed by atoms with Gasteiger partial charge < -0.3 is 10.1 Å². The highest BCUT2D eigenvalue weighted by Crippen LogP contribution is 2.19. The van der Waals surface area contributed by atoms with Crippen LogP contribution in [0.4, 0.5) is 0 Å². The van der Waals surface area contributed by atoms with Gasteiger partial charge in [0.1, 0.15) is 0 Å². The third kappa shape index (κ3) is 3.32. The van der Waals surface area contributed by atoms with E-state index in [1.165, 1.54) is 7.11 Å². The summed E-state index contributed by atoms with van der Waals surface area (Å²) in [6.07, 6.45) is 0. The van der Waals surface area contributed by atoms with Gasteiger partial charge in [-0.05, 0) is 24.2 Å². The molecule has 3 nitrogen and oxygen atoms in total. The summed E-state index contributed by atoms with van der Waals surface area (Å²) in [5, 5.41) is 3.22. The van der Waals surface area contributed by atoms with Gasteiger partial charge in [-0.1, -0.05) is 28.9 Å². The number of methoxy groups -OCH3 is 1. The number of rotatable bonds is 4. The van der Waals surface area contributed by atoms with E-state index in [9.17, 15) is 4.79 Å². The molecule has 0 aliphatic rings. The van der Waals surface area contributed by atoms with Crippen LogP contribution >= 0.6 is 15.9 Å². The van der Waals surface area contributed by atoms with Gasteiger partial charge in [0, 0.05) is 11.0 Å². The van der Waals surface area contributed by atoms with Gasteiger partial charge in [-0.25, -0.2) is 4.79 Å². The third-order valence-corrected chi connectivity index (χ3v) is 2.78. The summed E-state index contributed by atoms with van der Waals surface area (Å²) in [4.78, 5) is 11.2. The molecule has 1 N–H and O–H groups in total. The first kappa shape index (κ1) is 12.2. The first-order valence-electron chi connectivity index (χ1n) is 4.76. The van der Waals surface area contributed by atoms with Crippen LogP contribution in [0.1, 0.15) is 22.8 Å². The molecule has 0 saturated carbocycles. The highest BCUT2D eigenvalue weighted by atomic mass is 79.9. The van der Waals surface area contributed by atoms with Crippen molar-refractivity contribution >= 4 is 21.9 Å². The van der Waals surface area contributed by atoms with Gasteiger partial charge in [-0.2, -0.15) is 0 Å². The van der Waals surface area contributed by atoms with Crippen molar-refractivity contribution in [3.05, 3.63) is 33.8 Å². The summed E-state index contributed by atoms with van der Waals surface area (Å²) >= 11 is 3.43. The minimum absolute atomic E-state index is 0.314. The number of esters is 1. The van der Waals surface area contributed by atoms with Gasteiger partial charge in [0.2, 0.25) is 0 Å². The molecule has 82 valence electrons. The summed E-state index contributed by atoms with van der Waals surface area (Å²) in [6.45, 7) is 3.76. The fourth-order valence-corrected chi connectivity index (χ4v) is 1.71. The van der Waals surface area contributed by atoms with E-state index in [1.54, 1.807) is 12.1 Å². The Kier molecular flexibility index (Phi) is 4.78. The molecule has 1 aromatic carbocycles. The Labute approximate surface area is 97.9 Å². The van der Waals surface area contributed by atoms with Gasteiger partial charge in [-0.15, -0.1) is 0 Å². The lowest BCUT2D eigenvalue weighted by Gasteiger charge is -2.06. The predicted octanol–water partition coefficient (Wildman–Crippen LogP) is 2.35. The van der Waals surface area contributed by atoms with Crippen molar-refractivity contribution in [1.29, 1.82) is 0 Å². The number of benzene rings is 1. The van der Waals surface area contributed by atoms with Crippen molar-refractivity contribution in [3.8, 4) is 0 Å². The molecule has 0 atom stereocenters. The fraction of sp³-hybridized carbons (Fsp3) is 0.364. The number of ether oxygens (including phenoxy) is 1. The largest absolute Gasteiger partial charge is 0.465 e. The van der Waals surface area contributed by atoms with E-state index in [2.05, 4.69) is 32.9 Å². The molecular weight excluding hydrogens is 258 g/mol. The summed E-state index contributed by atoms with van der Waals surface area (Å²) in [6, 6.07) is 5.46. The normalized spacial score (nSPS) is 10.1. The van der Waals surface area contributed by atoms with Gasteiger partial charge in [-0.3, -0.25) is 0 Å². The molecule has 0 aromatic heterocycles. The van der Waals surface area contributed by atoms with E-state index in [4.69, 9.17) is 0 Å². The standard InChI is InChI=1S/C11H14BrNO2/c1-3-13-7-9-5-4-8(6-10(9)12)11(14)15-2/h4-6,13H,3,7H2,1-2H3. The average Bonchev–Trinajstić information content (AvgIpc) is 2.26. The molecule has 0 fully saturated rings. The number of hydrogen-bond donors (Lipinski definition) is 1. The second-order valence-electron chi connectivity index (χ2n) is 3.08. The lowest BCUT2D eigenvalue weighted by molar-refractivity contribution is 0.0600. The van der Waals surface area contributed by atoms with Crippen LogP contribution in [-0.2, 0) is 11.3 Å². The minimum atomic E-state index is -0.314. The van der Waals surface area contributed by atoms with Crippen LogP contribution in [0.15, 0.2) is 22.7 Å². The van der Waals surface area contributed by atoms with Crippen LogP contribution in [0.5, 0.6) is 0 Å². The third-order valence-electron chi connectivity index (χ3n) is 2.04. The van der Waals surface area contributed by atoms with Crippen molar-refractivity contribution < 1.29 is 9.53 Å². The Hall–Kier alpha value is -0.870. The van der Waals surface area contributed by atoms with E-state index < -0.39 is 0 Å². The van der Waals surface area contributed by atoms with Crippen molar-refractivity contribution in [2.75, 3.05) is 13.7 Å². The smallest absolute Gasteiger partial charge is 0.337 e. The molecule has 0 radical (unpaired) electrons. The Morgan fingerprint density at radius 2 is 2.27 bits per heavy atom. The lowest BCUT2D eigenvalue weighted by atomic mass is 10.1. The lowest BCUT2D eigenvalue weighted by Crippen LogP contribution is -2.12. The van der Waals surface area contributed by atoms with Crippen molar-refractivity contribution in [1.82, 2.24) is 5.32 Å². The molecule has 0 saturated heterocycles. The monoisotopic (exact) mass is 271 g/mol. The zero-order valence-electron chi connectivity index (χ0n) is 8.84. The second-order valence-corrected chi connectivity index (χ2v) is 3.93. The number of halogens is 1. The first-order chi connectivity index (χ1) is 7.19. The van der Waals surface area contributed by atoms with Crippen molar-refractivity contribution in [3.63, 3.8) is 0 Å². The van der Waals surface area contributed by atoms with Crippen LogP contribution < -0.4 is 5.32 Å². The second kappa shape index (κ2) is 5.88. The number of carbonyl (C=O) groups is 1. The quantitative estimate of drug-likeness (QED) is 0.855. The van der Waals surface area contributed by atoms with Crippen LogP contribution in [0.25, 0.3) is 0 Å². The molecule has 0 unspecified atom stereocenters. The molecule has 4 heteroatoms. The van der Waals surface area contributed by atoms with E-state index in [-0.39, 0.29) is 5.97 Å². The maximum absolute atomic E-state index is 11.2. The number of nitrogens with one attached hydrogen (secondary N) is 1. The summed E-state index contributed by atoms with van der Waals surface area (Å²) < 4.78 is 5.56. The minimum Gasteiger partial charge on any atom is -0.465 e. The summed E-state index contributed by atoms with van der Waals surface area (Å²) in [5.74, 6) is -0.314. The molecule has 15 heavy (non-hydrogen) atoms. The molecule has 1 aromatic rings. The highest BCUT2D eigenvalue weighted by molar-refractivity contribution is 9.10. The molecule has 0 heterocycles. The SMILES string of the molecule is CCNCc1ccc(C(=O)OC)cc1Br. The predicted molar refractivity (Wildman–Crippen MR) is 62.9 cm³/mol. The molecular formula is C11H14BrNO2. The molecule has 0 aliphatic heterocycles. The Bertz CT molecular complexity index is 352. The van der Waals surface area contributed by atoms with E-state index in [0.29, 0.717) is 5.56 Å². The number of carbonyl (C=O) groups excluding carboxylic acids is 1. The highest BCUT2D eigenvalue weighted by Gasteiger charge is 2.07. The maximum atomic E-state index is 11.2. The Balaban J connectivity index is 2.83. The van der Waals surface area contributed by atoms with Gasteiger partial charge in [0.15, 0.2) is 0 Å². The zero-order chi connectivity index (χ0) is 11.3. The first-order valence-corrected chi connectivity index (χ1v) is 5.55. The summed E-state index contributed by atoms with van der Waals surface area (Å²) in [7, 11) is 1.38. The molecule has 0 amide bonds. The summed E-state index contributed by atoms with van der Waals surface area (Å²) in [5.41, 5.74) is 1.69. The average molecular weight is 272 g/mol. The molecule has 0 aliphatic carbocycles. The van der Waals surface area contributed by atoms with Gasteiger partial charge in [0.25, 0.3) is 0 Å². The van der Waals surface area contributed by atoms with Crippen LogP contribution in [0.2, 0.25) is 0 Å². The van der Waals surface area contributed by atoms with E-state index in [0.717, 1.165) is 23.1 Å². The molecule has 1 rings (SSSR count). The molecule has 0 spiro atoms. The Morgan fingerprint density at radius 1 is 1.53 bits per heavy atom. The van der Waals surface area contributed by atoms with Crippen LogP contribution in [0, 0.1) is 0 Å². The zero-order valence-corrected chi connectivity index (χ0v) is 10.4. The van der Waals surface area contributed by atoms with Gasteiger partial charge in [0.05, 0.1) is 12.7 Å².